The summed E-state index contributed by atoms with van der Waals surface area (Å²) in [5, 5.41) is 17.6. The van der Waals surface area contributed by atoms with Gasteiger partial charge in [-0.15, -0.1) is 0 Å². The molecule has 184 valence electrons. The van der Waals surface area contributed by atoms with Crippen molar-refractivity contribution in [2.24, 2.45) is 5.10 Å². The molecule has 0 saturated carbocycles. The average Bonchev–Trinajstić information content (AvgIpc) is 3.20. The zero-order chi connectivity index (χ0) is 25.8. The lowest BCUT2D eigenvalue weighted by atomic mass is 9.85. The van der Waals surface area contributed by atoms with Gasteiger partial charge in [0.2, 0.25) is 0 Å². The minimum Gasteiger partial charge on any atom is -0.372 e. The molecule has 1 heterocycles. The second-order valence-electron chi connectivity index (χ2n) is 8.87. The Morgan fingerprint density at radius 2 is 1.46 bits per heavy atom. The number of nitrogens with one attached hydrogen (secondary N) is 1. The number of halogens is 1. The Hall–Kier alpha value is -4.19. The predicted octanol–water partition coefficient (Wildman–Crippen LogP) is 6.04. The number of hydrogen-bond acceptors (Lipinski definition) is 3. The van der Waals surface area contributed by atoms with Crippen molar-refractivity contribution in [1.29, 1.82) is 0 Å². The Morgan fingerprint density at radius 1 is 0.892 bits per heavy atom. The van der Waals surface area contributed by atoms with E-state index in [-0.39, 0.29) is 0 Å². The Bertz CT molecular complexity index is 1520. The molecule has 0 spiro atoms. The van der Waals surface area contributed by atoms with Crippen LogP contribution in [0.25, 0.3) is 10.9 Å². The number of rotatable bonds is 7. The number of hydrazone groups is 1. The van der Waals surface area contributed by atoms with Gasteiger partial charge in [0.05, 0.1) is 6.21 Å². The highest BCUT2D eigenvalue weighted by Crippen LogP contribution is 2.30. The van der Waals surface area contributed by atoms with Crippen LogP contribution in [0.3, 0.4) is 0 Å². The van der Waals surface area contributed by atoms with Gasteiger partial charge in [0.25, 0.3) is 5.91 Å². The third-order valence-corrected chi connectivity index (χ3v) is 6.86. The molecular weight excluding hydrogens is 482 g/mol. The van der Waals surface area contributed by atoms with E-state index in [0.717, 1.165) is 27.7 Å². The van der Waals surface area contributed by atoms with Gasteiger partial charge in [-0.3, -0.25) is 4.79 Å². The van der Waals surface area contributed by atoms with E-state index >= 15 is 0 Å². The number of carbonyl (C=O) groups is 1. The summed E-state index contributed by atoms with van der Waals surface area (Å²) in [6.07, 6.45) is 1.64. The molecule has 0 aliphatic rings. The second-order valence-corrected chi connectivity index (χ2v) is 9.31. The van der Waals surface area contributed by atoms with Crippen molar-refractivity contribution < 1.29 is 9.90 Å². The van der Waals surface area contributed by atoms with Crippen LogP contribution in [0.1, 0.15) is 27.9 Å². The standard InChI is InChI=1S/C31H26ClN3O2/c1-22-28(27-14-8-9-15-29(27)35(22)21-23-16-18-26(32)19-17-23)20-33-34-30(36)31(37,24-10-4-2-5-11-24)25-12-6-3-7-13-25/h2-20,37H,21H2,1H3,(H,34,36)/b33-20-. The van der Waals surface area contributed by atoms with Crippen LogP contribution in [0.4, 0.5) is 0 Å². The Kier molecular flexibility index (Phi) is 6.91. The fourth-order valence-corrected chi connectivity index (χ4v) is 4.75. The second kappa shape index (κ2) is 10.4. The number of nitrogens with zero attached hydrogens (tertiary/aromatic N) is 2. The molecule has 5 nitrogen and oxygen atoms in total. The molecule has 5 rings (SSSR count). The third kappa shape index (κ3) is 4.79. The van der Waals surface area contributed by atoms with Crippen molar-refractivity contribution in [1.82, 2.24) is 9.99 Å². The van der Waals surface area contributed by atoms with E-state index < -0.39 is 11.5 Å². The highest BCUT2D eigenvalue weighted by atomic mass is 35.5. The Balaban J connectivity index is 1.46. The maximum atomic E-state index is 13.4. The lowest BCUT2D eigenvalue weighted by molar-refractivity contribution is -0.136. The third-order valence-electron chi connectivity index (χ3n) is 6.61. The number of aliphatic hydroxyl groups is 1. The van der Waals surface area contributed by atoms with Gasteiger partial charge in [0, 0.05) is 33.7 Å². The minimum absolute atomic E-state index is 0.463. The SMILES string of the molecule is Cc1c(/C=N\NC(=O)C(O)(c2ccccc2)c2ccccc2)c2ccccc2n1Cc1ccc(Cl)cc1. The first-order valence-corrected chi connectivity index (χ1v) is 12.4. The molecule has 0 unspecified atom stereocenters. The van der Waals surface area contributed by atoms with Gasteiger partial charge >= 0.3 is 0 Å². The molecule has 37 heavy (non-hydrogen) atoms. The van der Waals surface area contributed by atoms with Crippen LogP contribution in [-0.2, 0) is 16.9 Å². The fourth-order valence-electron chi connectivity index (χ4n) is 4.62. The van der Waals surface area contributed by atoms with Crippen LogP contribution >= 0.6 is 11.6 Å². The predicted molar refractivity (Wildman–Crippen MR) is 149 cm³/mol. The van der Waals surface area contributed by atoms with Crippen LogP contribution in [-0.4, -0.2) is 21.8 Å². The van der Waals surface area contributed by atoms with E-state index in [2.05, 4.69) is 21.2 Å². The topological polar surface area (TPSA) is 66.6 Å². The summed E-state index contributed by atoms with van der Waals surface area (Å²) in [6, 6.07) is 33.6. The molecule has 4 aromatic carbocycles. The zero-order valence-electron chi connectivity index (χ0n) is 20.3. The first-order chi connectivity index (χ1) is 18.0. The lowest BCUT2D eigenvalue weighted by Crippen LogP contribution is -2.43. The Labute approximate surface area is 220 Å². The molecule has 5 aromatic rings. The number of para-hydroxylation sites is 1. The van der Waals surface area contributed by atoms with Crippen molar-refractivity contribution in [3.05, 3.63) is 142 Å². The summed E-state index contributed by atoms with van der Waals surface area (Å²) in [6.45, 7) is 2.70. The van der Waals surface area contributed by atoms with Crippen molar-refractivity contribution in [3.8, 4) is 0 Å². The van der Waals surface area contributed by atoms with Crippen LogP contribution in [0.15, 0.2) is 114 Å². The molecular formula is C31H26ClN3O2. The highest BCUT2D eigenvalue weighted by Gasteiger charge is 2.39. The molecule has 6 heteroatoms. The molecule has 0 radical (unpaired) electrons. The van der Waals surface area contributed by atoms with Gasteiger partial charge in [-0.05, 0) is 41.8 Å². The van der Waals surface area contributed by atoms with Crippen LogP contribution in [0.2, 0.25) is 5.02 Å². The number of hydrogen-bond donors (Lipinski definition) is 2. The normalized spacial score (nSPS) is 11.8. The van der Waals surface area contributed by atoms with Gasteiger partial charge in [-0.1, -0.05) is 103 Å². The summed E-state index contributed by atoms with van der Waals surface area (Å²) < 4.78 is 2.21. The number of fused-ring (bicyclic) bond motifs is 1. The number of aromatic nitrogens is 1. The van der Waals surface area contributed by atoms with E-state index in [0.29, 0.717) is 22.7 Å². The summed E-state index contributed by atoms with van der Waals surface area (Å²) in [5.41, 5.74) is 5.71. The molecule has 0 atom stereocenters. The van der Waals surface area contributed by atoms with Gasteiger partial charge in [-0.2, -0.15) is 5.10 Å². The summed E-state index contributed by atoms with van der Waals surface area (Å²) >= 11 is 6.06. The van der Waals surface area contributed by atoms with E-state index in [1.807, 2.05) is 61.5 Å². The lowest BCUT2D eigenvalue weighted by Gasteiger charge is -2.27. The van der Waals surface area contributed by atoms with Gasteiger partial charge in [0.1, 0.15) is 0 Å². The molecule has 0 bridgehead atoms. The first kappa shape index (κ1) is 24.5. The summed E-state index contributed by atoms with van der Waals surface area (Å²) in [7, 11) is 0. The summed E-state index contributed by atoms with van der Waals surface area (Å²) in [4.78, 5) is 13.4. The van der Waals surface area contributed by atoms with Gasteiger partial charge in [0.15, 0.2) is 5.60 Å². The van der Waals surface area contributed by atoms with Crippen LogP contribution in [0, 0.1) is 6.92 Å². The van der Waals surface area contributed by atoms with Crippen molar-refractivity contribution in [2.75, 3.05) is 0 Å². The molecule has 0 aliphatic carbocycles. The summed E-state index contributed by atoms with van der Waals surface area (Å²) in [5.74, 6) is -0.635. The van der Waals surface area contributed by atoms with Gasteiger partial charge < -0.3 is 9.67 Å². The molecule has 1 amide bonds. The largest absolute Gasteiger partial charge is 0.372 e. The number of benzene rings is 4. The van der Waals surface area contributed by atoms with Crippen molar-refractivity contribution in [2.45, 2.75) is 19.1 Å². The monoisotopic (exact) mass is 507 g/mol. The van der Waals surface area contributed by atoms with E-state index in [1.54, 1.807) is 54.7 Å². The molecule has 0 fully saturated rings. The maximum absolute atomic E-state index is 13.4. The Morgan fingerprint density at radius 3 is 2.08 bits per heavy atom. The van der Waals surface area contributed by atoms with Crippen molar-refractivity contribution >= 4 is 34.6 Å². The van der Waals surface area contributed by atoms with Gasteiger partial charge in [-0.25, -0.2) is 5.43 Å². The van der Waals surface area contributed by atoms with Crippen molar-refractivity contribution in [3.63, 3.8) is 0 Å². The molecule has 0 saturated heterocycles. The molecule has 2 N–H and O–H groups in total. The van der Waals surface area contributed by atoms with E-state index in [1.165, 1.54) is 0 Å². The van der Waals surface area contributed by atoms with Crippen LogP contribution in [0.5, 0.6) is 0 Å². The zero-order valence-corrected chi connectivity index (χ0v) is 21.1. The van der Waals surface area contributed by atoms with E-state index in [4.69, 9.17) is 11.6 Å². The maximum Gasteiger partial charge on any atom is 0.281 e. The molecule has 1 aromatic heterocycles. The average molecular weight is 508 g/mol. The van der Waals surface area contributed by atoms with Crippen LogP contribution < -0.4 is 5.43 Å². The quantitative estimate of drug-likeness (QED) is 0.208. The first-order valence-electron chi connectivity index (χ1n) is 12.0. The molecule has 0 aliphatic heterocycles. The fraction of sp³-hybridized carbons (Fsp3) is 0.0968. The number of amides is 1. The smallest absolute Gasteiger partial charge is 0.281 e. The van der Waals surface area contributed by atoms with E-state index in [9.17, 15) is 9.90 Å². The highest BCUT2D eigenvalue weighted by molar-refractivity contribution is 6.30. The minimum atomic E-state index is -1.89. The number of carbonyl (C=O) groups excluding carboxylic acids is 1.